The molecule has 0 atom stereocenters. The van der Waals surface area contributed by atoms with Gasteiger partial charge in [-0.3, -0.25) is 4.79 Å². The first-order valence-electron chi connectivity index (χ1n) is 10.9. The van der Waals surface area contributed by atoms with Crippen LogP contribution in [0.3, 0.4) is 0 Å². The molecule has 0 saturated heterocycles. The summed E-state index contributed by atoms with van der Waals surface area (Å²) in [7, 11) is 3.19. The van der Waals surface area contributed by atoms with Gasteiger partial charge in [-0.2, -0.15) is 0 Å². The molecule has 0 radical (unpaired) electrons. The second-order valence-electron chi connectivity index (χ2n) is 7.00. The van der Waals surface area contributed by atoms with Crippen LogP contribution < -0.4 is 9.80 Å². The lowest BCUT2D eigenvalue weighted by molar-refractivity contribution is -0.102. The van der Waals surface area contributed by atoms with Gasteiger partial charge in [0.05, 0.1) is 12.8 Å². The van der Waals surface area contributed by atoms with Gasteiger partial charge >= 0.3 is 5.97 Å². The smallest absolute Gasteiger partial charge is 0.348 e. The molecule has 34 heavy (non-hydrogen) atoms. The number of rotatable bonds is 8. The van der Waals surface area contributed by atoms with Gasteiger partial charge in [0.2, 0.25) is 0 Å². The van der Waals surface area contributed by atoms with E-state index in [1.165, 1.54) is 12.7 Å². The maximum atomic E-state index is 12.1. The van der Waals surface area contributed by atoms with Crippen molar-refractivity contribution in [2.75, 3.05) is 30.5 Å². The highest BCUT2D eigenvalue weighted by atomic mass is 35.5. The van der Waals surface area contributed by atoms with Crippen molar-refractivity contribution >= 4 is 62.4 Å². The number of nitrogens with zero attached hydrogens (tertiary/aromatic N) is 3. The summed E-state index contributed by atoms with van der Waals surface area (Å²) < 4.78 is 4.84. The highest BCUT2D eigenvalue weighted by molar-refractivity contribution is 7.18. The largest absolute Gasteiger partial charge is 0.465 e. The van der Waals surface area contributed by atoms with Crippen LogP contribution in [-0.2, 0) is 16.0 Å². The molecule has 0 unspecified atom stereocenters. The van der Waals surface area contributed by atoms with E-state index in [0.717, 1.165) is 47.8 Å². The van der Waals surface area contributed by atoms with Gasteiger partial charge in [0.1, 0.15) is 9.88 Å². The average Bonchev–Trinajstić information content (AvgIpc) is 3.30. The fraction of sp³-hybridized carbons (Fsp3) is 0.269. The highest BCUT2D eigenvalue weighted by Crippen LogP contribution is 2.42. The van der Waals surface area contributed by atoms with E-state index >= 15 is 0 Å². The molecular formula is C26H30ClN3O3S. The van der Waals surface area contributed by atoms with Gasteiger partial charge in [0.15, 0.2) is 11.5 Å². The van der Waals surface area contributed by atoms with E-state index in [1.54, 1.807) is 12.1 Å². The number of esters is 1. The standard InChI is InChI=1S/C24H24ClN3O3S.C2H6/c1-5-8-17(6-2)28-12-7-9-16-10-11-18(13-19(16)28)27(3)20-14-21(24(30)31-4)32-23(20)26-22(25)15-29;1-2/h5-6,8,10-11,13-15H,1-2,7,9,12H2,3-4H3;1-2H3/b17-8+,26-22+;. The highest BCUT2D eigenvalue weighted by Gasteiger charge is 2.22. The number of hydrogen-bond donors (Lipinski definition) is 0. The first-order valence-corrected chi connectivity index (χ1v) is 12.1. The van der Waals surface area contributed by atoms with Crippen LogP contribution in [0.4, 0.5) is 22.1 Å². The van der Waals surface area contributed by atoms with Crippen LogP contribution in [-0.4, -0.2) is 38.1 Å². The number of aldehydes is 1. The number of aryl methyl sites for hydroxylation is 1. The van der Waals surface area contributed by atoms with Gasteiger partial charge < -0.3 is 14.5 Å². The van der Waals surface area contributed by atoms with Crippen molar-refractivity contribution in [2.45, 2.75) is 26.7 Å². The molecule has 0 spiro atoms. The van der Waals surface area contributed by atoms with Crippen LogP contribution in [0, 0.1) is 0 Å². The molecule has 1 aliphatic heterocycles. The Hall–Kier alpha value is -3.16. The molecule has 2 aromatic rings. The van der Waals surface area contributed by atoms with E-state index in [4.69, 9.17) is 16.3 Å². The van der Waals surface area contributed by atoms with Gasteiger partial charge in [-0.15, -0.1) is 11.3 Å². The number of benzene rings is 1. The number of allylic oxidation sites excluding steroid dienone is 3. The van der Waals surface area contributed by atoms with Gasteiger partial charge in [0.25, 0.3) is 0 Å². The van der Waals surface area contributed by atoms with Crippen molar-refractivity contribution in [3.8, 4) is 0 Å². The number of carbonyl (C=O) groups excluding carboxylic acids is 2. The Kier molecular flexibility index (Phi) is 10.3. The first-order chi connectivity index (χ1) is 16.4. The van der Waals surface area contributed by atoms with Crippen molar-refractivity contribution in [3.63, 3.8) is 0 Å². The molecule has 8 heteroatoms. The molecule has 0 saturated carbocycles. The molecule has 0 aliphatic carbocycles. The minimum absolute atomic E-state index is 0.195. The SMILES string of the molecule is C=C/C=C(\C=C)N1CCCc2ccc(N(C)c3cc(C(=O)OC)sc3/N=C(/Cl)C=O)cc21.CC. The summed E-state index contributed by atoms with van der Waals surface area (Å²) in [5.74, 6) is -0.477. The van der Waals surface area contributed by atoms with Crippen LogP contribution in [0.2, 0.25) is 0 Å². The molecule has 3 rings (SSSR count). The van der Waals surface area contributed by atoms with E-state index in [-0.39, 0.29) is 5.17 Å². The lowest BCUT2D eigenvalue weighted by Gasteiger charge is -2.33. The van der Waals surface area contributed by atoms with Crippen LogP contribution in [0.15, 0.2) is 66.3 Å². The Labute approximate surface area is 210 Å². The van der Waals surface area contributed by atoms with Crippen molar-refractivity contribution in [2.24, 2.45) is 4.99 Å². The van der Waals surface area contributed by atoms with Crippen LogP contribution in [0.25, 0.3) is 0 Å². The summed E-state index contributed by atoms with van der Waals surface area (Å²) >= 11 is 6.98. The Balaban J connectivity index is 0.00000199. The molecule has 0 amide bonds. The lowest BCUT2D eigenvalue weighted by atomic mass is 10.00. The quantitative estimate of drug-likeness (QED) is 0.173. The predicted molar refractivity (Wildman–Crippen MR) is 145 cm³/mol. The second-order valence-corrected chi connectivity index (χ2v) is 8.42. The summed E-state index contributed by atoms with van der Waals surface area (Å²) in [6.07, 6.45) is 8.01. The minimum Gasteiger partial charge on any atom is -0.465 e. The second kappa shape index (κ2) is 12.9. The van der Waals surface area contributed by atoms with E-state index in [2.05, 4.69) is 35.2 Å². The summed E-state index contributed by atoms with van der Waals surface area (Å²) in [6.45, 7) is 12.6. The molecule has 6 nitrogen and oxygen atoms in total. The lowest BCUT2D eigenvalue weighted by Crippen LogP contribution is -2.28. The monoisotopic (exact) mass is 499 g/mol. The van der Waals surface area contributed by atoms with Gasteiger partial charge in [0, 0.05) is 30.7 Å². The van der Waals surface area contributed by atoms with E-state index in [9.17, 15) is 9.59 Å². The first kappa shape index (κ1) is 27.1. The number of aliphatic imine (C=N–C) groups is 1. The van der Waals surface area contributed by atoms with Gasteiger partial charge in [-0.1, -0.05) is 50.7 Å². The zero-order valence-electron chi connectivity index (χ0n) is 20.0. The molecule has 1 aromatic heterocycles. The minimum atomic E-state index is -0.477. The van der Waals surface area contributed by atoms with E-state index < -0.39 is 5.97 Å². The third-order valence-corrected chi connectivity index (χ3v) is 6.30. The molecule has 0 N–H and O–H groups in total. The van der Waals surface area contributed by atoms with Crippen molar-refractivity contribution in [1.82, 2.24) is 0 Å². The van der Waals surface area contributed by atoms with Crippen molar-refractivity contribution < 1.29 is 14.3 Å². The Bertz CT molecular complexity index is 1120. The number of fused-ring (bicyclic) bond motifs is 1. The number of thiophene rings is 1. The maximum Gasteiger partial charge on any atom is 0.348 e. The predicted octanol–water partition coefficient (Wildman–Crippen LogP) is 6.81. The molecule has 0 bridgehead atoms. The maximum absolute atomic E-state index is 12.1. The van der Waals surface area contributed by atoms with Gasteiger partial charge in [-0.25, -0.2) is 9.79 Å². The molecule has 180 valence electrons. The normalized spacial score (nSPS) is 13.3. The zero-order valence-corrected chi connectivity index (χ0v) is 21.6. The topological polar surface area (TPSA) is 62.2 Å². The van der Waals surface area contributed by atoms with E-state index in [0.29, 0.717) is 21.9 Å². The summed E-state index contributed by atoms with van der Waals surface area (Å²) in [4.78, 5) is 31.8. The van der Waals surface area contributed by atoms with Crippen molar-refractivity contribution in [1.29, 1.82) is 0 Å². The molecule has 2 heterocycles. The molecular weight excluding hydrogens is 470 g/mol. The molecule has 1 aliphatic rings. The van der Waals surface area contributed by atoms with E-state index in [1.807, 2.05) is 44.0 Å². The third-order valence-electron chi connectivity index (χ3n) is 5.13. The average molecular weight is 500 g/mol. The Morgan fingerprint density at radius 1 is 1.29 bits per heavy atom. The Morgan fingerprint density at radius 2 is 2.03 bits per heavy atom. The number of hydrogen-bond acceptors (Lipinski definition) is 7. The summed E-state index contributed by atoms with van der Waals surface area (Å²) in [5, 5.41) is 0.248. The Morgan fingerprint density at radius 3 is 2.65 bits per heavy atom. The fourth-order valence-corrected chi connectivity index (χ4v) is 4.71. The zero-order chi connectivity index (χ0) is 25.3. The van der Waals surface area contributed by atoms with Crippen LogP contribution in [0.1, 0.15) is 35.5 Å². The number of ether oxygens (including phenoxy) is 1. The molecule has 1 aromatic carbocycles. The fourth-order valence-electron chi connectivity index (χ4n) is 3.58. The number of carbonyl (C=O) groups is 2. The van der Waals surface area contributed by atoms with Gasteiger partial charge in [-0.05, 0) is 48.8 Å². The van der Waals surface area contributed by atoms with Crippen LogP contribution in [0.5, 0.6) is 0 Å². The van der Waals surface area contributed by atoms with Crippen LogP contribution >= 0.6 is 22.9 Å². The number of methoxy groups -OCH3 is 1. The third kappa shape index (κ3) is 6.04. The van der Waals surface area contributed by atoms with Crippen molar-refractivity contribution in [3.05, 3.63) is 71.8 Å². The number of anilines is 3. The summed E-state index contributed by atoms with van der Waals surface area (Å²) in [5.41, 5.74) is 4.85. The summed E-state index contributed by atoms with van der Waals surface area (Å²) in [6, 6.07) is 7.92. The number of halogens is 1. The molecule has 0 fully saturated rings.